The Hall–Kier alpha value is -1.60. The van der Waals surface area contributed by atoms with Crippen LogP contribution in [0, 0.1) is 0 Å². The fourth-order valence-electron chi connectivity index (χ4n) is 3.47. The van der Waals surface area contributed by atoms with Crippen molar-refractivity contribution in [2.24, 2.45) is 0 Å². The molecule has 0 aromatic heterocycles. The number of piperidine rings is 1. The number of carbonyl (C=O) groups excluding carboxylic acids is 1. The monoisotopic (exact) mass is 352 g/mol. The van der Waals surface area contributed by atoms with Crippen LogP contribution < -0.4 is 15.4 Å². The molecule has 0 radical (unpaired) electrons. The number of hydrogen-bond acceptors (Lipinski definition) is 5. The Morgan fingerprint density at radius 2 is 2.08 bits per heavy atom. The maximum absolute atomic E-state index is 12.6. The summed E-state index contributed by atoms with van der Waals surface area (Å²) in [5, 5.41) is 5.95. The molecule has 0 unspecified atom stereocenters. The Balaban J connectivity index is 1.62. The van der Waals surface area contributed by atoms with Gasteiger partial charge < -0.3 is 15.4 Å². The third kappa shape index (κ3) is 3.28. The lowest BCUT2D eigenvalue weighted by molar-refractivity contribution is -0.124. The lowest BCUT2D eigenvalue weighted by Crippen LogP contribution is -2.57. The molecular weight excluding hydrogens is 328 g/mol. The number of carbonyl (C=O) groups is 1. The summed E-state index contributed by atoms with van der Waals surface area (Å²) in [6, 6.07) is 6.06. The average molecular weight is 352 g/mol. The Kier molecular flexibility index (Phi) is 4.83. The van der Waals surface area contributed by atoms with Crippen molar-refractivity contribution >= 4 is 15.7 Å². The quantitative estimate of drug-likeness (QED) is 0.804. The normalized spacial score (nSPS) is 19.4. The molecule has 2 aliphatic heterocycles. The van der Waals surface area contributed by atoms with Crippen LogP contribution in [0.3, 0.4) is 0 Å². The first-order valence-corrected chi connectivity index (χ1v) is 10.2. The minimum absolute atomic E-state index is 0.327. The number of nitrogens with one attached hydrogen (secondary N) is 2. The third-order valence-electron chi connectivity index (χ3n) is 4.99. The zero-order valence-electron chi connectivity index (χ0n) is 13.9. The Bertz CT molecular complexity index is 724. The number of fused-ring (bicyclic) bond motifs is 1. The molecule has 0 bridgehead atoms. The second-order valence-electron chi connectivity index (χ2n) is 6.56. The molecule has 132 valence electrons. The molecule has 7 heteroatoms. The zero-order valence-corrected chi connectivity index (χ0v) is 14.7. The van der Waals surface area contributed by atoms with Crippen LogP contribution in [0.15, 0.2) is 18.2 Å². The van der Waals surface area contributed by atoms with Crippen LogP contribution in [-0.4, -0.2) is 51.6 Å². The van der Waals surface area contributed by atoms with Crippen LogP contribution in [0.25, 0.3) is 0 Å². The van der Waals surface area contributed by atoms with E-state index < -0.39 is 14.6 Å². The van der Waals surface area contributed by atoms with Gasteiger partial charge in [-0.3, -0.25) is 4.79 Å². The van der Waals surface area contributed by atoms with Gasteiger partial charge in [-0.15, -0.1) is 0 Å². The summed E-state index contributed by atoms with van der Waals surface area (Å²) >= 11 is 0. The molecule has 1 fully saturated rings. The average Bonchev–Trinajstić information content (AvgIpc) is 3.02. The van der Waals surface area contributed by atoms with Crippen molar-refractivity contribution in [3.8, 4) is 5.75 Å². The van der Waals surface area contributed by atoms with E-state index in [9.17, 15) is 13.2 Å². The van der Waals surface area contributed by atoms with Crippen LogP contribution in [-0.2, 0) is 27.5 Å². The number of benzene rings is 1. The first kappa shape index (κ1) is 17.2. The summed E-state index contributed by atoms with van der Waals surface area (Å²) < 4.78 is 28.6. The van der Waals surface area contributed by atoms with Gasteiger partial charge in [-0.25, -0.2) is 8.42 Å². The van der Waals surface area contributed by atoms with Crippen molar-refractivity contribution in [2.75, 3.05) is 32.5 Å². The van der Waals surface area contributed by atoms with Gasteiger partial charge >= 0.3 is 0 Å². The van der Waals surface area contributed by atoms with Gasteiger partial charge in [-0.05, 0) is 49.5 Å². The fourth-order valence-corrected chi connectivity index (χ4v) is 4.83. The molecule has 0 saturated carbocycles. The van der Waals surface area contributed by atoms with Crippen molar-refractivity contribution in [3.05, 3.63) is 29.3 Å². The minimum atomic E-state index is -3.46. The molecule has 0 aliphatic carbocycles. The summed E-state index contributed by atoms with van der Waals surface area (Å²) in [6.07, 6.45) is 3.41. The second kappa shape index (κ2) is 6.72. The molecule has 2 heterocycles. The Labute approximate surface area is 142 Å². The van der Waals surface area contributed by atoms with Crippen LogP contribution >= 0.6 is 0 Å². The van der Waals surface area contributed by atoms with Gasteiger partial charge in [0.25, 0.3) is 0 Å². The molecule has 3 rings (SSSR count). The van der Waals surface area contributed by atoms with Gasteiger partial charge in [0.15, 0.2) is 14.6 Å². The Morgan fingerprint density at radius 3 is 2.79 bits per heavy atom. The van der Waals surface area contributed by atoms with Crippen LogP contribution in [0.5, 0.6) is 5.75 Å². The van der Waals surface area contributed by atoms with Crippen LogP contribution in [0.2, 0.25) is 0 Å². The number of sulfone groups is 1. The molecule has 1 aromatic carbocycles. The van der Waals surface area contributed by atoms with Gasteiger partial charge in [-0.1, -0.05) is 12.1 Å². The predicted molar refractivity (Wildman–Crippen MR) is 92.0 cm³/mol. The molecular formula is C17H24N2O4S. The van der Waals surface area contributed by atoms with E-state index in [1.54, 1.807) is 0 Å². The summed E-state index contributed by atoms with van der Waals surface area (Å²) in [6.45, 7) is 2.25. The van der Waals surface area contributed by atoms with E-state index in [0.717, 1.165) is 24.3 Å². The van der Waals surface area contributed by atoms with E-state index in [1.165, 1.54) is 11.8 Å². The molecule has 2 N–H and O–H groups in total. The fraction of sp³-hybridized carbons (Fsp3) is 0.588. The van der Waals surface area contributed by atoms with Crippen LogP contribution in [0.4, 0.5) is 0 Å². The van der Waals surface area contributed by atoms with Crippen LogP contribution in [0.1, 0.15) is 24.0 Å². The molecule has 1 aromatic rings. The highest BCUT2D eigenvalue weighted by atomic mass is 32.2. The second-order valence-corrected chi connectivity index (χ2v) is 8.89. The summed E-state index contributed by atoms with van der Waals surface area (Å²) in [4.78, 5) is 12.6. The van der Waals surface area contributed by atoms with E-state index in [2.05, 4.69) is 16.7 Å². The first-order valence-electron chi connectivity index (χ1n) is 8.36. The van der Waals surface area contributed by atoms with E-state index in [4.69, 9.17) is 4.74 Å². The van der Waals surface area contributed by atoms with Gasteiger partial charge in [0.1, 0.15) is 5.75 Å². The highest BCUT2D eigenvalue weighted by molar-refractivity contribution is 7.92. The highest BCUT2D eigenvalue weighted by Gasteiger charge is 2.48. The summed E-state index contributed by atoms with van der Waals surface area (Å²) in [5.74, 6) is 0.574. The molecule has 1 saturated heterocycles. The number of rotatable bonds is 5. The van der Waals surface area contributed by atoms with E-state index >= 15 is 0 Å². The minimum Gasteiger partial charge on any atom is -0.493 e. The lowest BCUT2D eigenvalue weighted by Gasteiger charge is -2.34. The first-order chi connectivity index (χ1) is 11.4. The largest absolute Gasteiger partial charge is 0.493 e. The van der Waals surface area contributed by atoms with Gasteiger partial charge in [0.2, 0.25) is 5.91 Å². The predicted octanol–water partition coefficient (Wildman–Crippen LogP) is 0.447. The summed E-state index contributed by atoms with van der Waals surface area (Å²) in [7, 11) is -3.46. The number of amides is 1. The maximum atomic E-state index is 12.6. The molecule has 0 atom stereocenters. The van der Waals surface area contributed by atoms with Crippen molar-refractivity contribution in [1.29, 1.82) is 0 Å². The Morgan fingerprint density at radius 1 is 1.33 bits per heavy atom. The summed E-state index contributed by atoms with van der Waals surface area (Å²) in [5.41, 5.74) is 2.32. The number of hydrogen-bond donors (Lipinski definition) is 2. The van der Waals surface area contributed by atoms with Crippen molar-refractivity contribution < 1.29 is 17.9 Å². The van der Waals surface area contributed by atoms with Crippen molar-refractivity contribution in [3.63, 3.8) is 0 Å². The molecule has 2 aliphatic rings. The van der Waals surface area contributed by atoms with Gasteiger partial charge in [-0.2, -0.15) is 0 Å². The van der Waals surface area contributed by atoms with Crippen molar-refractivity contribution in [2.45, 2.75) is 30.4 Å². The highest BCUT2D eigenvalue weighted by Crippen LogP contribution is 2.28. The standard InChI is InChI=1S/C17H24N2O4S/c1-24(21,22)17(6-9-18-10-7-17)16(20)19-8-4-13-2-3-15-14(12-13)5-11-23-15/h2-3,12,18H,4-11H2,1H3,(H,19,20). The molecule has 0 spiro atoms. The maximum Gasteiger partial charge on any atom is 0.241 e. The van der Waals surface area contributed by atoms with Gasteiger partial charge in [0.05, 0.1) is 6.61 Å². The topological polar surface area (TPSA) is 84.5 Å². The van der Waals surface area contributed by atoms with E-state index in [0.29, 0.717) is 38.9 Å². The van der Waals surface area contributed by atoms with Crippen molar-refractivity contribution in [1.82, 2.24) is 10.6 Å². The zero-order chi connectivity index (χ0) is 17.2. The molecule has 24 heavy (non-hydrogen) atoms. The number of ether oxygens (including phenoxy) is 1. The molecule has 1 amide bonds. The molecule has 6 nitrogen and oxygen atoms in total. The lowest BCUT2D eigenvalue weighted by atomic mass is 9.95. The third-order valence-corrected chi connectivity index (χ3v) is 7.00. The van der Waals surface area contributed by atoms with Gasteiger partial charge in [0, 0.05) is 19.2 Å². The SMILES string of the molecule is CS(=O)(=O)C1(C(=O)NCCc2ccc3c(c2)CCO3)CCNCC1. The van der Waals surface area contributed by atoms with E-state index in [1.807, 2.05) is 12.1 Å². The smallest absolute Gasteiger partial charge is 0.241 e. The van der Waals surface area contributed by atoms with E-state index in [-0.39, 0.29) is 5.91 Å².